The number of carbonyl (C=O) groups excluding carboxylic acids is 2. The molecule has 2 aliphatic heterocycles. The lowest BCUT2D eigenvalue weighted by Crippen LogP contribution is -2.31. The highest BCUT2D eigenvalue weighted by Crippen LogP contribution is 2.41. The number of amides is 1. The second-order valence-electron chi connectivity index (χ2n) is 7.89. The number of aromatic hydroxyl groups is 1. The minimum absolute atomic E-state index is 0.0138. The molecule has 2 heterocycles. The van der Waals surface area contributed by atoms with Crippen molar-refractivity contribution in [2.24, 2.45) is 0 Å². The van der Waals surface area contributed by atoms with Crippen LogP contribution in [0.2, 0.25) is 0 Å². The number of Topliss-reactive ketones (excluding diaryl/α,β-unsaturated/α-hetero) is 1. The van der Waals surface area contributed by atoms with Gasteiger partial charge in [-0.25, -0.2) is 0 Å². The van der Waals surface area contributed by atoms with Crippen LogP contribution < -0.4 is 4.74 Å². The zero-order valence-corrected chi connectivity index (χ0v) is 17.5. The van der Waals surface area contributed by atoms with E-state index in [0.29, 0.717) is 30.6 Å². The third-order valence-corrected chi connectivity index (χ3v) is 5.64. The van der Waals surface area contributed by atoms with Crippen molar-refractivity contribution in [2.75, 3.05) is 20.3 Å². The van der Waals surface area contributed by atoms with E-state index >= 15 is 0 Å². The molecule has 7 nitrogen and oxygen atoms in total. The van der Waals surface area contributed by atoms with Crippen molar-refractivity contribution < 1.29 is 29.3 Å². The van der Waals surface area contributed by atoms with Gasteiger partial charge in [-0.1, -0.05) is 12.1 Å². The molecule has 0 aliphatic carbocycles. The van der Waals surface area contributed by atoms with Gasteiger partial charge in [-0.05, 0) is 54.8 Å². The number of nitrogens with zero attached hydrogens (tertiary/aromatic N) is 1. The van der Waals surface area contributed by atoms with Crippen LogP contribution in [0.25, 0.3) is 5.76 Å². The molecule has 162 valence electrons. The lowest BCUT2D eigenvalue weighted by molar-refractivity contribution is -0.140. The fourth-order valence-electron chi connectivity index (χ4n) is 4.26. The van der Waals surface area contributed by atoms with Crippen molar-refractivity contribution >= 4 is 17.4 Å². The molecule has 4 rings (SSSR count). The van der Waals surface area contributed by atoms with Gasteiger partial charge in [-0.3, -0.25) is 9.59 Å². The number of phenols is 1. The zero-order valence-electron chi connectivity index (χ0n) is 17.5. The Kier molecular flexibility index (Phi) is 5.69. The van der Waals surface area contributed by atoms with Crippen molar-refractivity contribution in [3.63, 3.8) is 0 Å². The van der Waals surface area contributed by atoms with Crippen LogP contribution in [-0.2, 0) is 20.7 Å². The Morgan fingerprint density at radius 1 is 1.23 bits per heavy atom. The Bertz CT molecular complexity index is 1060. The number of aliphatic hydroxyl groups excluding tert-OH is 1. The summed E-state index contributed by atoms with van der Waals surface area (Å²) < 4.78 is 10.8. The molecule has 1 saturated heterocycles. The predicted octanol–water partition coefficient (Wildman–Crippen LogP) is 3.17. The van der Waals surface area contributed by atoms with E-state index in [1.54, 1.807) is 37.4 Å². The van der Waals surface area contributed by atoms with Crippen LogP contribution >= 0.6 is 0 Å². The number of aliphatic hydroxyl groups is 1. The van der Waals surface area contributed by atoms with Gasteiger partial charge in [0.1, 0.15) is 23.4 Å². The van der Waals surface area contributed by atoms with Crippen LogP contribution in [0.1, 0.15) is 36.1 Å². The van der Waals surface area contributed by atoms with Gasteiger partial charge < -0.3 is 24.6 Å². The number of methoxy groups -OCH3 is 1. The number of hydrogen-bond donors (Lipinski definition) is 2. The number of likely N-dealkylation sites (tertiary alicyclic amines) is 1. The first-order valence-electron chi connectivity index (χ1n) is 10.3. The molecule has 0 spiro atoms. The number of rotatable bonds is 6. The molecule has 31 heavy (non-hydrogen) atoms. The Morgan fingerprint density at radius 3 is 2.77 bits per heavy atom. The van der Waals surface area contributed by atoms with E-state index in [1.165, 1.54) is 17.0 Å². The molecule has 2 aromatic carbocycles. The van der Waals surface area contributed by atoms with Crippen LogP contribution in [0.4, 0.5) is 0 Å². The van der Waals surface area contributed by atoms with Crippen LogP contribution in [0.15, 0.2) is 48.0 Å². The van der Waals surface area contributed by atoms with Gasteiger partial charge in [0, 0.05) is 32.2 Å². The Hall–Kier alpha value is -3.32. The molecule has 0 aromatic heterocycles. The van der Waals surface area contributed by atoms with Crippen LogP contribution in [0, 0.1) is 0 Å². The Balaban J connectivity index is 1.80. The highest BCUT2D eigenvalue weighted by molar-refractivity contribution is 6.46. The van der Waals surface area contributed by atoms with E-state index in [2.05, 4.69) is 0 Å². The van der Waals surface area contributed by atoms with Crippen molar-refractivity contribution in [1.29, 1.82) is 0 Å². The van der Waals surface area contributed by atoms with Crippen LogP contribution in [0.5, 0.6) is 11.5 Å². The largest absolute Gasteiger partial charge is 0.508 e. The third-order valence-electron chi connectivity index (χ3n) is 5.64. The summed E-state index contributed by atoms with van der Waals surface area (Å²) >= 11 is 0. The number of phenolic OH excluding ortho intramolecular Hbond substituents is 1. The molecular weight excluding hydrogens is 398 g/mol. The van der Waals surface area contributed by atoms with Gasteiger partial charge >= 0.3 is 0 Å². The van der Waals surface area contributed by atoms with E-state index in [1.807, 2.05) is 6.92 Å². The van der Waals surface area contributed by atoms with Gasteiger partial charge in [0.25, 0.3) is 11.7 Å². The molecule has 0 bridgehead atoms. The van der Waals surface area contributed by atoms with Crippen LogP contribution in [-0.4, -0.2) is 53.2 Å². The van der Waals surface area contributed by atoms with E-state index < -0.39 is 17.7 Å². The summed E-state index contributed by atoms with van der Waals surface area (Å²) in [5.41, 5.74) is 1.97. The predicted molar refractivity (Wildman–Crippen MR) is 114 cm³/mol. The summed E-state index contributed by atoms with van der Waals surface area (Å²) in [5.74, 6) is -0.877. The van der Waals surface area contributed by atoms with Crippen molar-refractivity contribution in [2.45, 2.75) is 31.9 Å². The average molecular weight is 423 g/mol. The van der Waals surface area contributed by atoms with Gasteiger partial charge in [0.05, 0.1) is 11.6 Å². The Morgan fingerprint density at radius 2 is 2.03 bits per heavy atom. The number of carbonyl (C=O) groups is 2. The van der Waals surface area contributed by atoms with Gasteiger partial charge in [-0.2, -0.15) is 0 Å². The molecule has 0 unspecified atom stereocenters. The third kappa shape index (κ3) is 3.88. The van der Waals surface area contributed by atoms with Crippen molar-refractivity contribution in [3.8, 4) is 11.5 Å². The first kappa shape index (κ1) is 20.9. The van der Waals surface area contributed by atoms with E-state index in [9.17, 15) is 19.8 Å². The van der Waals surface area contributed by atoms with E-state index in [0.717, 1.165) is 11.3 Å². The smallest absolute Gasteiger partial charge is 0.295 e. The molecule has 2 aliphatic rings. The van der Waals surface area contributed by atoms with Crippen LogP contribution in [0.3, 0.4) is 0 Å². The number of fused-ring (bicyclic) bond motifs is 1. The Labute approximate surface area is 180 Å². The fourth-order valence-corrected chi connectivity index (χ4v) is 4.26. The molecule has 1 fully saturated rings. The summed E-state index contributed by atoms with van der Waals surface area (Å²) in [5, 5.41) is 21.1. The first-order chi connectivity index (χ1) is 14.9. The molecule has 7 heteroatoms. The van der Waals surface area contributed by atoms with Gasteiger partial charge in [0.2, 0.25) is 0 Å². The number of ether oxygens (including phenoxy) is 2. The second-order valence-corrected chi connectivity index (χ2v) is 7.89. The molecule has 2 N–H and O–H groups in total. The zero-order chi connectivity index (χ0) is 22.1. The quantitative estimate of drug-likeness (QED) is 0.321. The van der Waals surface area contributed by atoms with Gasteiger partial charge in [0.15, 0.2) is 0 Å². The summed E-state index contributed by atoms with van der Waals surface area (Å²) in [7, 11) is 1.57. The average Bonchev–Trinajstić information content (AvgIpc) is 3.24. The molecular formula is C24H25NO6. The molecule has 0 radical (unpaired) electrons. The fraction of sp³-hybridized carbons (Fsp3) is 0.333. The minimum Gasteiger partial charge on any atom is -0.508 e. The SMILES string of the molecule is COCCCN1C(=O)C(=O)/C(=C(/O)c2ccc3c(c2)C[C@H](C)O3)[C@@H]1c1cccc(O)c1. The maximum absolute atomic E-state index is 13.0. The first-order valence-corrected chi connectivity index (χ1v) is 10.3. The van der Waals surface area contributed by atoms with Gasteiger partial charge in [-0.15, -0.1) is 0 Å². The normalized spacial score (nSPS) is 21.9. The summed E-state index contributed by atoms with van der Waals surface area (Å²) in [6.45, 7) is 2.68. The lowest BCUT2D eigenvalue weighted by Gasteiger charge is -2.25. The van der Waals surface area contributed by atoms with Crippen molar-refractivity contribution in [3.05, 3.63) is 64.7 Å². The summed E-state index contributed by atoms with van der Waals surface area (Å²) in [6.07, 6.45) is 1.29. The maximum Gasteiger partial charge on any atom is 0.295 e. The lowest BCUT2D eigenvalue weighted by atomic mass is 9.94. The van der Waals surface area contributed by atoms with E-state index in [4.69, 9.17) is 9.47 Å². The second kappa shape index (κ2) is 8.43. The number of hydrogen-bond acceptors (Lipinski definition) is 6. The maximum atomic E-state index is 13.0. The molecule has 1 amide bonds. The molecule has 2 aromatic rings. The summed E-state index contributed by atoms with van der Waals surface area (Å²) in [6, 6.07) is 10.8. The monoisotopic (exact) mass is 423 g/mol. The topological polar surface area (TPSA) is 96.3 Å². The molecule has 0 saturated carbocycles. The number of benzene rings is 2. The standard InChI is InChI=1S/C24H25NO6/c1-14-11-17-12-16(7-8-19(17)31-14)22(27)20-21(15-5-3-6-18(26)13-15)25(9-4-10-30-2)24(29)23(20)28/h3,5-8,12-14,21,26-27H,4,9-11H2,1-2H3/b22-20+/t14-,21-/m0/s1. The highest BCUT2D eigenvalue weighted by atomic mass is 16.5. The van der Waals surface area contributed by atoms with E-state index in [-0.39, 0.29) is 29.7 Å². The number of ketones is 1. The minimum atomic E-state index is -0.799. The van der Waals surface area contributed by atoms with Crippen molar-refractivity contribution in [1.82, 2.24) is 4.90 Å². The molecule has 2 atom stereocenters. The summed E-state index contributed by atoms with van der Waals surface area (Å²) in [4.78, 5) is 27.3. The highest BCUT2D eigenvalue weighted by Gasteiger charge is 2.46.